The molecule has 0 spiro atoms. The van der Waals surface area contributed by atoms with Gasteiger partial charge >= 0.3 is 0 Å². The molecule has 0 bridgehead atoms. The molecule has 202 valence electrons. The van der Waals surface area contributed by atoms with E-state index in [2.05, 4.69) is 10.2 Å². The number of nitro benzene ring substituents is 1. The van der Waals surface area contributed by atoms with Gasteiger partial charge in [-0.25, -0.2) is 9.55 Å². The first-order chi connectivity index (χ1) is 20.1. The highest BCUT2D eigenvalue weighted by Crippen LogP contribution is 2.42. The molecule has 6 aromatic rings. The number of thiophene rings is 1. The highest BCUT2D eigenvalue weighted by atomic mass is 32.1. The van der Waals surface area contributed by atoms with E-state index >= 15 is 0 Å². The van der Waals surface area contributed by atoms with Crippen LogP contribution in [-0.4, -0.2) is 51.0 Å². The van der Waals surface area contributed by atoms with Gasteiger partial charge in [0.2, 0.25) is 5.95 Å². The highest BCUT2D eigenvalue weighted by molar-refractivity contribution is 7.25. The molecule has 3 aromatic heterocycles. The van der Waals surface area contributed by atoms with Crippen LogP contribution in [0.5, 0.6) is 0 Å². The Balaban J connectivity index is 1.57. The molecule has 41 heavy (non-hydrogen) atoms. The van der Waals surface area contributed by atoms with Crippen LogP contribution in [0.25, 0.3) is 48.5 Å². The first kappa shape index (κ1) is 25.0. The van der Waals surface area contributed by atoms with Gasteiger partial charge in [0.15, 0.2) is 0 Å². The fraction of sp³-hybridized carbons (Fsp3) is 0.133. The van der Waals surface area contributed by atoms with Gasteiger partial charge in [-0.3, -0.25) is 14.9 Å². The van der Waals surface area contributed by atoms with E-state index in [9.17, 15) is 14.9 Å². The minimum Gasteiger partial charge on any atom is -0.378 e. The van der Waals surface area contributed by atoms with Crippen LogP contribution < -0.4 is 10.5 Å². The van der Waals surface area contributed by atoms with Gasteiger partial charge in [0.1, 0.15) is 20.7 Å². The van der Waals surface area contributed by atoms with Gasteiger partial charge in [-0.15, -0.1) is 21.5 Å². The van der Waals surface area contributed by atoms with Crippen molar-refractivity contribution < 1.29 is 9.66 Å². The summed E-state index contributed by atoms with van der Waals surface area (Å²) in [6, 6.07) is 25.7. The summed E-state index contributed by atoms with van der Waals surface area (Å²) in [7, 11) is 0. The number of benzene rings is 3. The summed E-state index contributed by atoms with van der Waals surface area (Å²) in [6.45, 7) is 2.09. The predicted molar refractivity (Wildman–Crippen MR) is 159 cm³/mol. The Morgan fingerprint density at radius 3 is 2.17 bits per heavy atom. The molecule has 0 radical (unpaired) electrons. The van der Waals surface area contributed by atoms with Crippen LogP contribution in [0.3, 0.4) is 0 Å². The number of fused-ring (bicyclic) bond motifs is 3. The monoisotopic (exact) mass is 562 g/mol. The van der Waals surface area contributed by atoms with Gasteiger partial charge in [0.05, 0.1) is 23.8 Å². The average Bonchev–Trinajstić information content (AvgIpc) is 3.41. The van der Waals surface area contributed by atoms with Crippen LogP contribution in [0.2, 0.25) is 0 Å². The fourth-order valence-corrected chi connectivity index (χ4v) is 6.18. The van der Waals surface area contributed by atoms with Gasteiger partial charge in [-0.1, -0.05) is 60.7 Å². The van der Waals surface area contributed by atoms with Crippen LogP contribution in [0.15, 0.2) is 89.7 Å². The number of ether oxygens (including phenoxy) is 1. The number of non-ortho nitro benzene ring substituents is 1. The minimum atomic E-state index is -0.461. The second kappa shape index (κ2) is 10.2. The van der Waals surface area contributed by atoms with Crippen LogP contribution >= 0.6 is 11.3 Å². The number of nitro groups is 1. The number of anilines is 1. The van der Waals surface area contributed by atoms with Crippen molar-refractivity contribution in [1.82, 2.24) is 19.7 Å². The summed E-state index contributed by atoms with van der Waals surface area (Å²) < 4.78 is 7.54. The first-order valence-corrected chi connectivity index (χ1v) is 13.9. The lowest BCUT2D eigenvalue weighted by Crippen LogP contribution is -2.40. The predicted octanol–water partition coefficient (Wildman–Crippen LogP) is 5.47. The quantitative estimate of drug-likeness (QED) is 0.201. The summed E-state index contributed by atoms with van der Waals surface area (Å²) in [5, 5.41) is 21.2. The Kier molecular flexibility index (Phi) is 6.22. The molecule has 4 heterocycles. The van der Waals surface area contributed by atoms with Crippen molar-refractivity contribution in [2.24, 2.45) is 0 Å². The largest absolute Gasteiger partial charge is 0.378 e. The Morgan fingerprint density at radius 1 is 0.854 bits per heavy atom. The molecular weight excluding hydrogens is 540 g/mol. The van der Waals surface area contributed by atoms with Crippen LogP contribution in [0, 0.1) is 10.1 Å². The van der Waals surface area contributed by atoms with E-state index in [1.165, 1.54) is 28.0 Å². The average molecular weight is 563 g/mol. The van der Waals surface area contributed by atoms with E-state index in [4.69, 9.17) is 9.72 Å². The fourth-order valence-electron chi connectivity index (χ4n) is 5.18. The molecule has 0 N–H and O–H groups in total. The zero-order valence-corrected chi connectivity index (χ0v) is 22.5. The van der Waals surface area contributed by atoms with E-state index in [0.717, 1.165) is 22.1 Å². The summed E-state index contributed by atoms with van der Waals surface area (Å²) >= 11 is 1.25. The van der Waals surface area contributed by atoms with E-state index in [1.807, 2.05) is 65.6 Å². The molecule has 3 aromatic carbocycles. The summed E-state index contributed by atoms with van der Waals surface area (Å²) in [4.78, 5) is 32.9. The van der Waals surface area contributed by atoms with Gasteiger partial charge in [-0.2, -0.15) is 0 Å². The third-order valence-electron chi connectivity index (χ3n) is 7.12. The van der Waals surface area contributed by atoms with Crippen molar-refractivity contribution in [3.63, 3.8) is 0 Å². The number of morpholine rings is 1. The maximum Gasteiger partial charge on any atom is 0.277 e. The van der Waals surface area contributed by atoms with Crippen molar-refractivity contribution in [3.05, 3.63) is 105 Å². The molecule has 0 atom stereocenters. The number of aromatic nitrogens is 4. The van der Waals surface area contributed by atoms with Crippen molar-refractivity contribution in [2.75, 3.05) is 31.2 Å². The lowest BCUT2D eigenvalue weighted by Gasteiger charge is -2.29. The minimum absolute atomic E-state index is 0.0539. The molecule has 1 aliphatic heterocycles. The van der Waals surface area contributed by atoms with E-state index < -0.39 is 4.92 Å². The van der Waals surface area contributed by atoms with E-state index in [0.29, 0.717) is 58.7 Å². The number of nitrogens with zero attached hydrogens (tertiary/aromatic N) is 6. The SMILES string of the molecule is O=c1c2sc3nnc(-c4ccccc4)c(-c4ccccc4)c3c2nc(N2CCOCC2)n1-c1ccc([N+](=O)[O-])cc1. The maximum atomic E-state index is 14.3. The number of hydrogen-bond acceptors (Lipinski definition) is 9. The Hall–Kier alpha value is -5.00. The number of hydrogen-bond donors (Lipinski definition) is 0. The molecule has 7 rings (SSSR count). The lowest BCUT2D eigenvalue weighted by atomic mass is 9.97. The van der Waals surface area contributed by atoms with Gasteiger partial charge < -0.3 is 9.64 Å². The molecular formula is C30H22N6O4S. The molecule has 10 nitrogen and oxygen atoms in total. The molecule has 1 fully saturated rings. The molecule has 0 saturated carbocycles. The van der Waals surface area contributed by atoms with E-state index in [1.54, 1.807) is 12.1 Å². The lowest BCUT2D eigenvalue weighted by molar-refractivity contribution is -0.384. The smallest absolute Gasteiger partial charge is 0.277 e. The Bertz CT molecular complexity index is 1970. The topological polar surface area (TPSA) is 116 Å². The third-order valence-corrected chi connectivity index (χ3v) is 8.17. The summed E-state index contributed by atoms with van der Waals surface area (Å²) in [5.41, 5.74) is 4.15. The molecule has 1 saturated heterocycles. The van der Waals surface area contributed by atoms with Crippen LogP contribution in [0.4, 0.5) is 11.6 Å². The second-order valence-electron chi connectivity index (χ2n) is 9.54. The first-order valence-electron chi connectivity index (χ1n) is 13.0. The number of rotatable bonds is 5. The normalized spacial score (nSPS) is 13.6. The molecule has 1 aliphatic rings. The van der Waals surface area contributed by atoms with Crippen LogP contribution in [-0.2, 0) is 4.74 Å². The summed E-state index contributed by atoms with van der Waals surface area (Å²) in [5.74, 6) is 0.455. The Morgan fingerprint density at radius 2 is 1.51 bits per heavy atom. The van der Waals surface area contributed by atoms with Crippen LogP contribution in [0.1, 0.15) is 0 Å². The van der Waals surface area contributed by atoms with Crippen molar-refractivity contribution >= 4 is 43.4 Å². The van der Waals surface area contributed by atoms with Gasteiger partial charge in [0.25, 0.3) is 11.2 Å². The summed E-state index contributed by atoms with van der Waals surface area (Å²) in [6.07, 6.45) is 0. The second-order valence-corrected chi connectivity index (χ2v) is 10.5. The Labute approximate surface area is 237 Å². The molecule has 0 amide bonds. The highest BCUT2D eigenvalue weighted by Gasteiger charge is 2.26. The zero-order valence-electron chi connectivity index (χ0n) is 21.6. The van der Waals surface area contributed by atoms with E-state index in [-0.39, 0.29) is 11.2 Å². The van der Waals surface area contributed by atoms with Crippen molar-refractivity contribution in [2.45, 2.75) is 0 Å². The molecule has 11 heteroatoms. The zero-order chi connectivity index (χ0) is 27.9. The standard InChI is InChI=1S/C30H22N6O4S/c37-29-27-26(31-30(34-15-17-40-18-16-34)35(29)21-11-13-22(14-12-21)36(38)39)24-23(19-7-3-1-4-8-19)25(32-33-28(24)41-27)20-9-5-2-6-10-20/h1-14H,15-18H2. The van der Waals surface area contributed by atoms with Gasteiger partial charge in [0, 0.05) is 41.7 Å². The third kappa shape index (κ3) is 4.31. The van der Waals surface area contributed by atoms with Crippen molar-refractivity contribution in [3.8, 4) is 28.1 Å². The maximum absolute atomic E-state index is 14.3. The molecule has 0 aliphatic carbocycles. The molecule has 0 unspecified atom stereocenters. The van der Waals surface area contributed by atoms with Crippen molar-refractivity contribution in [1.29, 1.82) is 0 Å². The van der Waals surface area contributed by atoms with Gasteiger partial charge in [-0.05, 0) is 17.7 Å².